The van der Waals surface area contributed by atoms with E-state index in [1.807, 2.05) is 12.1 Å². The van der Waals surface area contributed by atoms with Crippen molar-refractivity contribution in [2.75, 3.05) is 20.8 Å². The molecule has 0 aliphatic rings. The summed E-state index contributed by atoms with van der Waals surface area (Å²) < 4.78 is 21.0. The van der Waals surface area contributed by atoms with Crippen molar-refractivity contribution in [3.63, 3.8) is 0 Å². The largest absolute Gasteiger partial charge is 0.551 e. The normalized spacial score (nSPS) is 9.90. The van der Waals surface area contributed by atoms with Gasteiger partial charge in [0.25, 0.3) is 0 Å². The Hall–Kier alpha value is -1.95. The summed E-state index contributed by atoms with van der Waals surface area (Å²) in [6.45, 7) is 3.69. The molecule has 110 valence electrons. The molecule has 0 radical (unpaired) electrons. The minimum atomic E-state index is -0.408. The summed E-state index contributed by atoms with van der Waals surface area (Å²) in [4.78, 5) is 10.9. The van der Waals surface area contributed by atoms with Gasteiger partial charge in [-0.2, -0.15) is 0 Å². The molecule has 0 aliphatic heterocycles. The topological polar surface area (TPSA) is 54.0 Å². The number of aryl methyl sites for hydroxylation is 1. The van der Waals surface area contributed by atoms with Gasteiger partial charge in [0.15, 0.2) is 5.75 Å². The lowest BCUT2D eigenvalue weighted by atomic mass is 10.1. The zero-order chi connectivity index (χ0) is 15.0. The molecule has 0 aliphatic carbocycles. The first kappa shape index (κ1) is 16.1. The summed E-state index contributed by atoms with van der Waals surface area (Å²) in [6, 6.07) is 3.79. The van der Waals surface area contributed by atoms with Crippen LogP contribution in [-0.4, -0.2) is 37.3 Å². The monoisotopic (exact) mass is 296 g/mol. The smallest absolute Gasteiger partial charge is 0.330 e. The van der Waals surface area contributed by atoms with Crippen LogP contribution in [0, 0.1) is 0 Å². The molecule has 0 N–H and O–H groups in total. The van der Waals surface area contributed by atoms with Gasteiger partial charge in [-0.25, -0.2) is 4.79 Å². The Kier molecular flexibility index (Phi) is 6.65. The molecule has 0 saturated carbocycles. The van der Waals surface area contributed by atoms with Gasteiger partial charge < -0.3 is 18.6 Å². The lowest BCUT2D eigenvalue weighted by Gasteiger charge is -2.16. The SMILES string of the molecule is C=CC(=O)OCCCc1ccc(O[SiH3])c(OC)c1OC. The lowest BCUT2D eigenvalue weighted by Crippen LogP contribution is -2.04. The molecule has 0 aromatic heterocycles. The maximum Gasteiger partial charge on any atom is 0.330 e. The van der Waals surface area contributed by atoms with Crippen molar-refractivity contribution in [2.45, 2.75) is 12.8 Å². The summed E-state index contributed by atoms with van der Waals surface area (Å²) in [5.74, 6) is 1.53. The highest BCUT2D eigenvalue weighted by Gasteiger charge is 2.15. The van der Waals surface area contributed by atoms with Gasteiger partial charge in [0.05, 0.1) is 20.8 Å². The standard InChI is InChI=1S/C14H20O5Si/c1-4-12(15)18-9-5-6-10-7-8-11(19-20)14(17-3)13(10)16-2/h4,7-8H,1,5-6,9H2,2-3,20H3. The van der Waals surface area contributed by atoms with Crippen molar-refractivity contribution in [1.29, 1.82) is 0 Å². The van der Waals surface area contributed by atoms with Gasteiger partial charge >= 0.3 is 5.97 Å². The summed E-state index contributed by atoms with van der Waals surface area (Å²) in [7, 11) is 3.75. The van der Waals surface area contributed by atoms with Crippen LogP contribution in [0.4, 0.5) is 0 Å². The van der Waals surface area contributed by atoms with E-state index in [0.29, 0.717) is 47.2 Å². The van der Waals surface area contributed by atoms with Crippen LogP contribution in [-0.2, 0) is 16.0 Å². The highest BCUT2D eigenvalue weighted by atomic mass is 28.2. The number of ether oxygens (including phenoxy) is 3. The van der Waals surface area contributed by atoms with Gasteiger partial charge in [-0.05, 0) is 24.5 Å². The van der Waals surface area contributed by atoms with E-state index in [1.54, 1.807) is 14.2 Å². The van der Waals surface area contributed by atoms with Crippen molar-refractivity contribution in [3.05, 3.63) is 30.4 Å². The summed E-state index contributed by atoms with van der Waals surface area (Å²) in [5, 5.41) is 0. The number of rotatable bonds is 8. The maximum absolute atomic E-state index is 10.9. The fraction of sp³-hybridized carbons (Fsp3) is 0.357. The van der Waals surface area contributed by atoms with Crippen LogP contribution in [0.1, 0.15) is 12.0 Å². The van der Waals surface area contributed by atoms with Crippen LogP contribution in [0.15, 0.2) is 24.8 Å². The number of esters is 1. The van der Waals surface area contributed by atoms with Crippen LogP contribution in [0.3, 0.4) is 0 Å². The van der Waals surface area contributed by atoms with E-state index in [0.717, 1.165) is 11.6 Å². The first-order chi connectivity index (χ1) is 9.67. The van der Waals surface area contributed by atoms with E-state index < -0.39 is 5.97 Å². The molecule has 0 amide bonds. The van der Waals surface area contributed by atoms with Gasteiger partial charge in [-0.3, -0.25) is 0 Å². The zero-order valence-electron chi connectivity index (χ0n) is 12.1. The van der Waals surface area contributed by atoms with Crippen LogP contribution in [0.25, 0.3) is 0 Å². The molecule has 5 nitrogen and oxygen atoms in total. The number of hydrogen-bond donors (Lipinski definition) is 0. The van der Waals surface area contributed by atoms with Crippen molar-refractivity contribution >= 4 is 16.5 Å². The highest BCUT2D eigenvalue weighted by molar-refractivity contribution is 6.00. The van der Waals surface area contributed by atoms with Crippen molar-refractivity contribution in [2.24, 2.45) is 0 Å². The number of carbonyl (C=O) groups excluding carboxylic acids is 1. The number of methoxy groups -OCH3 is 2. The number of carbonyl (C=O) groups is 1. The molecule has 20 heavy (non-hydrogen) atoms. The zero-order valence-corrected chi connectivity index (χ0v) is 14.1. The summed E-state index contributed by atoms with van der Waals surface area (Å²) >= 11 is 0. The molecule has 0 unspecified atom stereocenters. The third-order valence-electron chi connectivity index (χ3n) is 2.79. The van der Waals surface area contributed by atoms with Gasteiger partial charge in [-0.15, -0.1) is 0 Å². The average Bonchev–Trinajstić information content (AvgIpc) is 2.49. The third kappa shape index (κ3) is 4.02. The second-order valence-electron chi connectivity index (χ2n) is 3.97. The second kappa shape index (κ2) is 8.26. The second-order valence-corrected chi connectivity index (χ2v) is 4.38. The minimum Gasteiger partial charge on any atom is -0.551 e. The van der Waals surface area contributed by atoms with E-state index >= 15 is 0 Å². The van der Waals surface area contributed by atoms with Crippen molar-refractivity contribution in [1.82, 2.24) is 0 Å². The average molecular weight is 296 g/mol. The van der Waals surface area contributed by atoms with Gasteiger partial charge in [-0.1, -0.05) is 12.6 Å². The Morgan fingerprint density at radius 2 is 2.00 bits per heavy atom. The minimum absolute atomic E-state index is 0.343. The molecule has 0 fully saturated rings. The Morgan fingerprint density at radius 3 is 2.55 bits per heavy atom. The predicted molar refractivity (Wildman–Crippen MR) is 79.6 cm³/mol. The van der Waals surface area contributed by atoms with E-state index in [-0.39, 0.29) is 0 Å². The van der Waals surface area contributed by atoms with Crippen molar-refractivity contribution in [3.8, 4) is 17.2 Å². The lowest BCUT2D eigenvalue weighted by molar-refractivity contribution is -0.137. The summed E-state index contributed by atoms with van der Waals surface area (Å²) in [6.07, 6.45) is 2.56. The number of benzene rings is 1. The van der Waals surface area contributed by atoms with Crippen molar-refractivity contribution < 1.29 is 23.4 Å². The maximum atomic E-state index is 10.9. The van der Waals surface area contributed by atoms with E-state index in [4.69, 9.17) is 18.6 Å². The Morgan fingerprint density at radius 1 is 1.30 bits per heavy atom. The predicted octanol–water partition coefficient (Wildman–Crippen LogP) is 1.02. The molecule has 0 heterocycles. The molecule has 0 spiro atoms. The van der Waals surface area contributed by atoms with Gasteiger partial charge in [0.2, 0.25) is 16.2 Å². The quantitative estimate of drug-likeness (QED) is 0.310. The van der Waals surface area contributed by atoms with E-state index in [2.05, 4.69) is 6.58 Å². The van der Waals surface area contributed by atoms with Gasteiger partial charge in [0.1, 0.15) is 5.75 Å². The molecule has 6 heteroatoms. The first-order valence-corrected chi connectivity index (χ1v) is 7.06. The molecule has 0 bridgehead atoms. The van der Waals surface area contributed by atoms with E-state index in [9.17, 15) is 4.79 Å². The molecule has 0 atom stereocenters. The molecule has 0 saturated heterocycles. The van der Waals surface area contributed by atoms with Crippen LogP contribution in [0.2, 0.25) is 0 Å². The van der Waals surface area contributed by atoms with Gasteiger partial charge in [0, 0.05) is 6.08 Å². The fourth-order valence-electron chi connectivity index (χ4n) is 1.85. The van der Waals surface area contributed by atoms with Crippen LogP contribution < -0.4 is 13.9 Å². The molecular weight excluding hydrogens is 276 g/mol. The Labute approximate surface area is 122 Å². The molecule has 1 rings (SSSR count). The fourth-order valence-corrected chi connectivity index (χ4v) is 2.18. The molecular formula is C14H20O5Si. The molecule has 1 aromatic carbocycles. The van der Waals surface area contributed by atoms with Crippen LogP contribution >= 0.6 is 0 Å². The van der Waals surface area contributed by atoms with E-state index in [1.165, 1.54) is 0 Å². The molecule has 1 aromatic rings. The Balaban J connectivity index is 2.75. The third-order valence-corrected chi connectivity index (χ3v) is 3.23. The Bertz CT molecular complexity index is 473. The van der Waals surface area contributed by atoms with Crippen LogP contribution in [0.5, 0.6) is 17.2 Å². The highest BCUT2D eigenvalue weighted by Crippen LogP contribution is 2.39. The summed E-state index contributed by atoms with van der Waals surface area (Å²) in [5.41, 5.74) is 0.987. The number of hydrogen-bond acceptors (Lipinski definition) is 5. The first-order valence-electron chi connectivity index (χ1n) is 6.25.